The lowest BCUT2D eigenvalue weighted by Crippen LogP contribution is -2.25. The van der Waals surface area contributed by atoms with Crippen molar-refractivity contribution in [3.05, 3.63) is 42.2 Å². The molecule has 0 bridgehead atoms. The van der Waals surface area contributed by atoms with Crippen LogP contribution in [0.1, 0.15) is 5.56 Å². The van der Waals surface area contributed by atoms with Gasteiger partial charge in [0.05, 0.1) is 6.61 Å². The predicted octanol–water partition coefficient (Wildman–Crippen LogP) is 1.54. The summed E-state index contributed by atoms with van der Waals surface area (Å²) >= 11 is 1.34. The van der Waals surface area contributed by atoms with Gasteiger partial charge in [0.2, 0.25) is 5.13 Å². The molecule has 0 spiro atoms. The molecule has 0 unspecified atom stereocenters. The van der Waals surface area contributed by atoms with Gasteiger partial charge in [0.25, 0.3) is 0 Å². The van der Waals surface area contributed by atoms with Gasteiger partial charge in [-0.1, -0.05) is 30.3 Å². The number of anilines is 1. The number of benzene rings is 1. The van der Waals surface area contributed by atoms with Gasteiger partial charge in [-0.25, -0.2) is 4.98 Å². The maximum Gasteiger partial charge on any atom is 0.205 e. The normalized spacial score (nSPS) is 10.3. The van der Waals surface area contributed by atoms with Crippen molar-refractivity contribution in [2.24, 2.45) is 0 Å². The number of aliphatic hydroxyl groups is 1. The van der Waals surface area contributed by atoms with Crippen molar-refractivity contribution < 1.29 is 5.11 Å². The third kappa shape index (κ3) is 2.77. The van der Waals surface area contributed by atoms with Crippen LogP contribution in [0.2, 0.25) is 0 Å². The molecule has 4 nitrogen and oxygen atoms in total. The van der Waals surface area contributed by atoms with E-state index in [0.29, 0.717) is 6.54 Å². The van der Waals surface area contributed by atoms with Crippen molar-refractivity contribution >= 4 is 16.7 Å². The number of hydrogen-bond donors (Lipinski definition) is 1. The fourth-order valence-corrected chi connectivity index (χ4v) is 2.03. The number of rotatable bonds is 5. The molecule has 0 saturated carbocycles. The monoisotopic (exact) mass is 235 g/mol. The van der Waals surface area contributed by atoms with Gasteiger partial charge in [-0.05, 0) is 5.56 Å². The molecule has 1 heterocycles. The lowest BCUT2D eigenvalue weighted by molar-refractivity contribution is 0.301. The number of nitrogens with zero attached hydrogens (tertiary/aromatic N) is 3. The molecular weight excluding hydrogens is 222 g/mol. The van der Waals surface area contributed by atoms with Gasteiger partial charge in [-0.2, -0.15) is 4.37 Å². The molecule has 0 fully saturated rings. The molecule has 0 saturated heterocycles. The Bertz CT molecular complexity index is 404. The first kappa shape index (κ1) is 11.0. The van der Waals surface area contributed by atoms with E-state index in [1.165, 1.54) is 23.4 Å². The third-order valence-electron chi connectivity index (χ3n) is 2.21. The topological polar surface area (TPSA) is 49.2 Å². The Morgan fingerprint density at radius 2 is 2.06 bits per heavy atom. The van der Waals surface area contributed by atoms with E-state index in [1.807, 2.05) is 23.1 Å². The molecule has 1 aromatic heterocycles. The average Bonchev–Trinajstić information content (AvgIpc) is 2.83. The Morgan fingerprint density at radius 1 is 1.25 bits per heavy atom. The summed E-state index contributed by atoms with van der Waals surface area (Å²) in [6.07, 6.45) is 1.54. The van der Waals surface area contributed by atoms with Crippen LogP contribution in [0.3, 0.4) is 0 Å². The second-order valence-corrected chi connectivity index (χ2v) is 4.11. The van der Waals surface area contributed by atoms with Gasteiger partial charge < -0.3 is 10.0 Å². The Kier molecular flexibility index (Phi) is 3.85. The van der Waals surface area contributed by atoms with Crippen LogP contribution in [0.15, 0.2) is 36.7 Å². The van der Waals surface area contributed by atoms with E-state index in [-0.39, 0.29) is 6.61 Å². The van der Waals surface area contributed by atoms with Gasteiger partial charge in [-0.15, -0.1) is 0 Å². The second-order valence-electron chi connectivity index (χ2n) is 3.35. The highest BCUT2D eigenvalue weighted by Gasteiger charge is 2.09. The largest absolute Gasteiger partial charge is 0.395 e. The van der Waals surface area contributed by atoms with Crippen LogP contribution in [0.25, 0.3) is 0 Å². The van der Waals surface area contributed by atoms with Gasteiger partial charge in [0, 0.05) is 24.6 Å². The highest BCUT2D eigenvalue weighted by Crippen LogP contribution is 2.17. The van der Waals surface area contributed by atoms with Crippen molar-refractivity contribution in [2.45, 2.75) is 6.54 Å². The molecule has 0 aliphatic heterocycles. The van der Waals surface area contributed by atoms with Crippen LogP contribution >= 0.6 is 11.5 Å². The summed E-state index contributed by atoms with van der Waals surface area (Å²) in [4.78, 5) is 6.17. The molecule has 2 aromatic rings. The molecule has 0 radical (unpaired) electrons. The maximum absolute atomic E-state index is 9.03. The second kappa shape index (κ2) is 5.58. The van der Waals surface area contributed by atoms with Gasteiger partial charge in [0.1, 0.15) is 6.33 Å². The highest BCUT2D eigenvalue weighted by molar-refractivity contribution is 7.09. The van der Waals surface area contributed by atoms with Gasteiger partial charge in [-0.3, -0.25) is 0 Å². The van der Waals surface area contributed by atoms with Crippen LogP contribution in [0, 0.1) is 0 Å². The summed E-state index contributed by atoms with van der Waals surface area (Å²) in [6.45, 7) is 1.44. The predicted molar refractivity (Wildman–Crippen MR) is 64.5 cm³/mol. The maximum atomic E-state index is 9.03. The summed E-state index contributed by atoms with van der Waals surface area (Å²) in [5.41, 5.74) is 1.20. The zero-order chi connectivity index (χ0) is 11.2. The van der Waals surface area contributed by atoms with Crippen molar-refractivity contribution in [1.29, 1.82) is 0 Å². The molecule has 1 N–H and O–H groups in total. The van der Waals surface area contributed by atoms with Crippen molar-refractivity contribution in [2.75, 3.05) is 18.1 Å². The van der Waals surface area contributed by atoms with E-state index in [1.54, 1.807) is 0 Å². The Hall–Kier alpha value is -1.46. The zero-order valence-electron chi connectivity index (χ0n) is 8.78. The van der Waals surface area contributed by atoms with Crippen molar-refractivity contribution in [3.8, 4) is 0 Å². The molecule has 0 amide bonds. The first-order valence-electron chi connectivity index (χ1n) is 5.06. The van der Waals surface area contributed by atoms with Crippen LogP contribution in [-0.2, 0) is 6.54 Å². The Balaban J connectivity index is 2.09. The third-order valence-corrected chi connectivity index (χ3v) is 2.93. The first-order valence-corrected chi connectivity index (χ1v) is 5.84. The minimum Gasteiger partial charge on any atom is -0.395 e. The lowest BCUT2D eigenvalue weighted by Gasteiger charge is -2.20. The number of aromatic nitrogens is 2. The molecule has 2 rings (SSSR count). The quantitative estimate of drug-likeness (QED) is 0.854. The molecule has 16 heavy (non-hydrogen) atoms. The summed E-state index contributed by atoms with van der Waals surface area (Å²) < 4.78 is 3.97. The van der Waals surface area contributed by atoms with Gasteiger partial charge in [0.15, 0.2) is 0 Å². The number of hydrogen-bond acceptors (Lipinski definition) is 5. The van der Waals surface area contributed by atoms with Crippen LogP contribution in [0.4, 0.5) is 5.13 Å². The highest BCUT2D eigenvalue weighted by atomic mass is 32.1. The van der Waals surface area contributed by atoms with Crippen molar-refractivity contribution in [1.82, 2.24) is 9.36 Å². The van der Waals surface area contributed by atoms with Crippen LogP contribution in [0.5, 0.6) is 0 Å². The standard InChI is InChI=1S/C11H13N3OS/c15-7-6-14(11-12-9-13-16-11)8-10-4-2-1-3-5-10/h1-5,9,15H,6-8H2. The SMILES string of the molecule is OCCN(Cc1ccccc1)c1ncns1. The molecular formula is C11H13N3OS. The van der Waals surface area contributed by atoms with E-state index < -0.39 is 0 Å². The average molecular weight is 235 g/mol. The smallest absolute Gasteiger partial charge is 0.205 e. The molecule has 84 valence electrons. The Morgan fingerprint density at radius 3 is 2.69 bits per heavy atom. The lowest BCUT2D eigenvalue weighted by atomic mass is 10.2. The fraction of sp³-hybridized carbons (Fsp3) is 0.273. The molecule has 1 aromatic carbocycles. The fourth-order valence-electron chi connectivity index (χ4n) is 1.47. The zero-order valence-corrected chi connectivity index (χ0v) is 9.60. The van der Waals surface area contributed by atoms with E-state index in [4.69, 9.17) is 5.11 Å². The van der Waals surface area contributed by atoms with E-state index >= 15 is 0 Å². The molecule has 0 aliphatic rings. The minimum atomic E-state index is 0.117. The van der Waals surface area contributed by atoms with E-state index in [0.717, 1.165) is 11.7 Å². The molecule has 5 heteroatoms. The van der Waals surface area contributed by atoms with E-state index in [2.05, 4.69) is 21.5 Å². The minimum absolute atomic E-state index is 0.117. The molecule has 0 atom stereocenters. The van der Waals surface area contributed by atoms with Crippen LogP contribution < -0.4 is 4.90 Å². The van der Waals surface area contributed by atoms with E-state index in [9.17, 15) is 0 Å². The van der Waals surface area contributed by atoms with Crippen LogP contribution in [-0.4, -0.2) is 27.6 Å². The van der Waals surface area contributed by atoms with Crippen molar-refractivity contribution in [3.63, 3.8) is 0 Å². The Labute approximate surface area is 98.4 Å². The summed E-state index contributed by atoms with van der Waals surface area (Å²) in [6, 6.07) is 10.1. The number of aliphatic hydroxyl groups excluding tert-OH is 1. The summed E-state index contributed by atoms with van der Waals surface area (Å²) in [5, 5.41) is 9.87. The summed E-state index contributed by atoms with van der Waals surface area (Å²) in [7, 11) is 0. The summed E-state index contributed by atoms with van der Waals surface area (Å²) in [5.74, 6) is 0. The first-order chi connectivity index (χ1) is 7.90. The molecule has 0 aliphatic carbocycles. The van der Waals surface area contributed by atoms with Gasteiger partial charge >= 0.3 is 0 Å².